The number of hydrogen-bond donors (Lipinski definition) is 3. The minimum atomic E-state index is -0.932. The second kappa shape index (κ2) is 10.2. The highest BCUT2D eigenvalue weighted by Gasteiger charge is 2.25. The van der Waals surface area contributed by atoms with Gasteiger partial charge in [0.2, 0.25) is 0 Å². The van der Waals surface area contributed by atoms with Crippen LogP contribution in [0.4, 0.5) is 4.79 Å². The molecule has 1 heterocycles. The summed E-state index contributed by atoms with van der Waals surface area (Å²) in [4.78, 5) is 28.8. The highest BCUT2D eigenvalue weighted by atomic mass is 16.6. The zero-order valence-corrected chi connectivity index (χ0v) is 17.7. The Morgan fingerprint density at radius 3 is 2.62 bits per heavy atom. The summed E-state index contributed by atoms with van der Waals surface area (Å²) in [6.07, 6.45) is 3.34. The number of alkyl carbamates (subject to hydrolysis) is 1. The molecule has 0 saturated heterocycles. The molecule has 1 atom stereocenters. The summed E-state index contributed by atoms with van der Waals surface area (Å²) in [6, 6.07) is 7.00. The molecule has 1 aromatic heterocycles. The number of carbonyl (C=O) groups is 2. The van der Waals surface area contributed by atoms with Crippen molar-refractivity contribution in [2.45, 2.75) is 78.0 Å². The van der Waals surface area contributed by atoms with Gasteiger partial charge in [0.25, 0.3) is 5.91 Å². The predicted molar refractivity (Wildman–Crippen MR) is 111 cm³/mol. The van der Waals surface area contributed by atoms with Crippen LogP contribution >= 0.6 is 0 Å². The van der Waals surface area contributed by atoms with E-state index in [1.54, 1.807) is 26.3 Å². The van der Waals surface area contributed by atoms with E-state index in [-0.39, 0.29) is 6.42 Å². The second-order valence-corrected chi connectivity index (χ2v) is 8.09. The first-order chi connectivity index (χ1) is 13.7. The Bertz CT molecular complexity index is 826. The maximum atomic E-state index is 12.1. The van der Waals surface area contributed by atoms with Gasteiger partial charge in [0.15, 0.2) is 0 Å². The highest BCUT2D eigenvalue weighted by Crippen LogP contribution is 2.19. The summed E-state index contributed by atoms with van der Waals surface area (Å²) in [7, 11) is 0. The van der Waals surface area contributed by atoms with Gasteiger partial charge in [-0.15, -0.1) is 0 Å². The number of fused-ring (bicyclic) bond motifs is 1. The van der Waals surface area contributed by atoms with Crippen LogP contribution in [0.3, 0.4) is 0 Å². The molecule has 1 aromatic carbocycles. The molecule has 8 nitrogen and oxygen atoms in total. The predicted octanol–water partition coefficient (Wildman–Crippen LogP) is 3.56. The number of hydrogen-bond acceptors (Lipinski definition) is 5. The molecular formula is C21H32N4O4. The van der Waals surface area contributed by atoms with E-state index in [2.05, 4.69) is 16.8 Å². The quantitative estimate of drug-likeness (QED) is 0.337. The third kappa shape index (κ3) is 6.74. The zero-order chi connectivity index (χ0) is 21.4. The smallest absolute Gasteiger partial charge is 0.408 e. The normalized spacial score (nSPS) is 12.6. The van der Waals surface area contributed by atoms with Gasteiger partial charge >= 0.3 is 6.09 Å². The monoisotopic (exact) mass is 404 g/mol. The Labute approximate surface area is 171 Å². The molecule has 0 aliphatic rings. The number of para-hydroxylation sites is 2. The minimum Gasteiger partial charge on any atom is -0.444 e. The summed E-state index contributed by atoms with van der Waals surface area (Å²) < 4.78 is 7.39. The molecule has 0 radical (unpaired) electrons. The van der Waals surface area contributed by atoms with Crippen molar-refractivity contribution in [3.05, 3.63) is 30.1 Å². The van der Waals surface area contributed by atoms with Gasteiger partial charge in [-0.25, -0.2) is 15.3 Å². The van der Waals surface area contributed by atoms with Gasteiger partial charge < -0.3 is 14.6 Å². The van der Waals surface area contributed by atoms with Crippen LogP contribution in [0.1, 0.15) is 59.2 Å². The maximum absolute atomic E-state index is 12.1. The number of carbonyl (C=O) groups excluding carboxylic acids is 2. The number of nitrogens with zero attached hydrogens (tertiary/aromatic N) is 2. The standard InChI is InChI=1S/C21H32N4O4/c1-5-6-9-14-25-17-11-8-7-10-15(17)22-18(25)13-12-16(19(26)24-28)23-20(27)29-21(2,3)4/h7-8,10-11,16,28H,5-6,9,12-14H2,1-4H3,(H,23,27)(H,24,26). The van der Waals surface area contributed by atoms with E-state index >= 15 is 0 Å². The van der Waals surface area contributed by atoms with E-state index in [0.717, 1.165) is 42.7 Å². The summed E-state index contributed by atoms with van der Waals surface area (Å²) in [5.74, 6) is 0.161. The Morgan fingerprint density at radius 1 is 1.24 bits per heavy atom. The van der Waals surface area contributed by atoms with Gasteiger partial charge in [-0.05, 0) is 45.7 Å². The zero-order valence-electron chi connectivity index (χ0n) is 17.7. The minimum absolute atomic E-state index is 0.280. The van der Waals surface area contributed by atoms with E-state index in [1.165, 1.54) is 0 Å². The molecule has 0 aliphatic carbocycles. The van der Waals surface area contributed by atoms with Crippen molar-refractivity contribution in [1.29, 1.82) is 0 Å². The molecule has 3 N–H and O–H groups in total. The van der Waals surface area contributed by atoms with Crippen LogP contribution in [0.25, 0.3) is 11.0 Å². The maximum Gasteiger partial charge on any atom is 0.408 e. The lowest BCUT2D eigenvalue weighted by Gasteiger charge is -2.22. The number of imidazole rings is 1. The molecule has 160 valence electrons. The Morgan fingerprint density at radius 2 is 1.97 bits per heavy atom. The fourth-order valence-corrected chi connectivity index (χ4v) is 3.16. The molecule has 0 spiro atoms. The van der Waals surface area contributed by atoms with Gasteiger partial charge in [0.05, 0.1) is 11.0 Å². The first-order valence-electron chi connectivity index (χ1n) is 10.1. The molecule has 29 heavy (non-hydrogen) atoms. The lowest BCUT2D eigenvalue weighted by atomic mass is 10.1. The van der Waals surface area contributed by atoms with Crippen molar-refractivity contribution >= 4 is 23.0 Å². The molecule has 1 unspecified atom stereocenters. The van der Waals surface area contributed by atoms with Crippen LogP contribution in [0.2, 0.25) is 0 Å². The number of hydroxylamine groups is 1. The molecule has 0 bridgehead atoms. The van der Waals surface area contributed by atoms with Crippen molar-refractivity contribution in [1.82, 2.24) is 20.3 Å². The first kappa shape index (κ1) is 22.7. The van der Waals surface area contributed by atoms with Crippen molar-refractivity contribution < 1.29 is 19.5 Å². The highest BCUT2D eigenvalue weighted by molar-refractivity contribution is 5.84. The van der Waals surface area contributed by atoms with Crippen LogP contribution < -0.4 is 10.8 Å². The Balaban J connectivity index is 2.15. The van der Waals surface area contributed by atoms with Gasteiger partial charge in [-0.2, -0.15) is 0 Å². The summed E-state index contributed by atoms with van der Waals surface area (Å²) >= 11 is 0. The third-order valence-corrected chi connectivity index (χ3v) is 4.49. The molecule has 2 amide bonds. The number of amides is 2. The fourth-order valence-electron chi connectivity index (χ4n) is 3.16. The molecule has 2 rings (SSSR count). The summed E-state index contributed by atoms with van der Waals surface area (Å²) in [5.41, 5.74) is 2.90. The van der Waals surface area contributed by atoms with Gasteiger partial charge in [0, 0.05) is 13.0 Å². The lowest BCUT2D eigenvalue weighted by molar-refractivity contribution is -0.131. The van der Waals surface area contributed by atoms with E-state index < -0.39 is 23.6 Å². The van der Waals surface area contributed by atoms with Crippen molar-refractivity contribution in [3.8, 4) is 0 Å². The average Bonchev–Trinajstić information content (AvgIpc) is 3.01. The lowest BCUT2D eigenvalue weighted by Crippen LogP contribution is -2.47. The molecule has 8 heteroatoms. The van der Waals surface area contributed by atoms with E-state index in [9.17, 15) is 9.59 Å². The molecule has 2 aromatic rings. The summed E-state index contributed by atoms with van der Waals surface area (Å²) in [5, 5.41) is 11.6. The number of aryl methyl sites for hydroxylation is 2. The van der Waals surface area contributed by atoms with Crippen molar-refractivity contribution in [2.24, 2.45) is 0 Å². The number of benzene rings is 1. The van der Waals surface area contributed by atoms with Gasteiger partial charge in [-0.1, -0.05) is 31.9 Å². The van der Waals surface area contributed by atoms with Crippen LogP contribution in [-0.2, 0) is 22.5 Å². The molecule has 0 aliphatic heterocycles. The largest absolute Gasteiger partial charge is 0.444 e. The summed E-state index contributed by atoms with van der Waals surface area (Å²) in [6.45, 7) is 8.23. The van der Waals surface area contributed by atoms with Gasteiger partial charge in [0.1, 0.15) is 17.5 Å². The number of ether oxygens (including phenoxy) is 1. The fraction of sp³-hybridized carbons (Fsp3) is 0.571. The van der Waals surface area contributed by atoms with Gasteiger partial charge in [-0.3, -0.25) is 10.0 Å². The number of rotatable bonds is 9. The topological polar surface area (TPSA) is 105 Å². The molecule has 0 fully saturated rings. The van der Waals surface area contributed by atoms with E-state index in [0.29, 0.717) is 6.42 Å². The number of aromatic nitrogens is 2. The van der Waals surface area contributed by atoms with Crippen LogP contribution in [0.15, 0.2) is 24.3 Å². The van der Waals surface area contributed by atoms with E-state index in [1.807, 2.05) is 24.3 Å². The second-order valence-electron chi connectivity index (χ2n) is 8.09. The molecule has 0 saturated carbocycles. The first-order valence-corrected chi connectivity index (χ1v) is 10.1. The molecular weight excluding hydrogens is 372 g/mol. The number of unbranched alkanes of at least 4 members (excludes halogenated alkanes) is 2. The van der Waals surface area contributed by atoms with Crippen LogP contribution in [0, 0.1) is 0 Å². The third-order valence-electron chi connectivity index (χ3n) is 4.49. The van der Waals surface area contributed by atoms with Crippen molar-refractivity contribution in [3.63, 3.8) is 0 Å². The van der Waals surface area contributed by atoms with Crippen LogP contribution in [0.5, 0.6) is 0 Å². The SMILES string of the molecule is CCCCCn1c(CCC(NC(=O)OC(C)(C)C)C(=O)NO)nc2ccccc21. The average molecular weight is 405 g/mol. The Kier molecular flexibility index (Phi) is 8.01. The van der Waals surface area contributed by atoms with Crippen LogP contribution in [-0.4, -0.2) is 38.4 Å². The number of nitrogens with one attached hydrogen (secondary N) is 2. The Hall–Kier alpha value is -2.61. The van der Waals surface area contributed by atoms with Crippen molar-refractivity contribution in [2.75, 3.05) is 0 Å². The van der Waals surface area contributed by atoms with E-state index in [4.69, 9.17) is 14.9 Å².